The summed E-state index contributed by atoms with van der Waals surface area (Å²) < 4.78 is 32.5. The Hall–Kier alpha value is -2.03. The van der Waals surface area contributed by atoms with Gasteiger partial charge in [-0.15, -0.1) is 11.8 Å². The number of hydrogen-bond donors (Lipinski definition) is 0. The molecule has 1 spiro atoms. The van der Waals surface area contributed by atoms with Gasteiger partial charge < -0.3 is 4.74 Å². The summed E-state index contributed by atoms with van der Waals surface area (Å²) in [7, 11) is -1.77. The smallest absolute Gasteiger partial charge is 0.238 e. The van der Waals surface area contributed by atoms with Crippen molar-refractivity contribution in [2.75, 3.05) is 30.9 Å². The van der Waals surface area contributed by atoms with Crippen molar-refractivity contribution < 1.29 is 17.9 Å². The normalized spacial score (nSPS) is 19.6. The van der Waals surface area contributed by atoms with Crippen LogP contribution < -0.4 is 9.64 Å². The topological polar surface area (TPSA) is 66.9 Å². The molecule has 1 amide bonds. The monoisotopic (exact) mass is 432 g/mol. The number of carbonyl (C=O) groups excluding carboxylic acids is 1. The Morgan fingerprint density at radius 1 is 1.03 bits per heavy atom. The van der Waals surface area contributed by atoms with Crippen molar-refractivity contribution in [1.29, 1.82) is 0 Å². The lowest BCUT2D eigenvalue weighted by Gasteiger charge is -2.43. The molecule has 2 saturated heterocycles. The van der Waals surface area contributed by atoms with E-state index in [0.717, 1.165) is 17.0 Å². The zero-order chi connectivity index (χ0) is 20.5. The second-order valence-electron chi connectivity index (χ2n) is 7.30. The van der Waals surface area contributed by atoms with E-state index in [-0.39, 0.29) is 16.5 Å². The number of thioether (sulfide) groups is 1. The van der Waals surface area contributed by atoms with E-state index in [1.54, 1.807) is 23.2 Å². The summed E-state index contributed by atoms with van der Waals surface area (Å²) in [6.07, 6.45) is 1.23. The molecule has 0 bridgehead atoms. The Kier molecular flexibility index (Phi) is 5.59. The number of piperidine rings is 1. The number of benzene rings is 2. The molecule has 4 rings (SSSR count). The van der Waals surface area contributed by atoms with Crippen molar-refractivity contribution in [2.24, 2.45) is 0 Å². The lowest BCUT2D eigenvalue weighted by atomic mass is 10.0. The van der Waals surface area contributed by atoms with Gasteiger partial charge in [-0.25, -0.2) is 12.7 Å². The molecule has 0 radical (unpaired) electrons. The number of hydrogen-bond acceptors (Lipinski definition) is 5. The molecule has 2 aromatic rings. The molecule has 2 heterocycles. The number of amides is 1. The number of rotatable bonds is 5. The van der Waals surface area contributed by atoms with E-state index < -0.39 is 10.0 Å². The average molecular weight is 433 g/mol. The van der Waals surface area contributed by atoms with Crippen LogP contribution in [0.5, 0.6) is 5.75 Å². The van der Waals surface area contributed by atoms with Gasteiger partial charge in [0.1, 0.15) is 5.75 Å². The molecule has 8 heteroatoms. The fourth-order valence-corrected chi connectivity index (χ4v) is 6.88. The third-order valence-corrected chi connectivity index (χ3v) is 8.91. The molecule has 0 saturated carbocycles. The van der Waals surface area contributed by atoms with Gasteiger partial charge in [-0.05, 0) is 42.7 Å². The minimum absolute atomic E-state index is 0.00904. The van der Waals surface area contributed by atoms with Crippen LogP contribution in [-0.2, 0) is 20.6 Å². The van der Waals surface area contributed by atoms with E-state index in [9.17, 15) is 13.2 Å². The number of methoxy groups -OCH3 is 1. The van der Waals surface area contributed by atoms with Crippen LogP contribution >= 0.6 is 11.8 Å². The van der Waals surface area contributed by atoms with Gasteiger partial charge in [0, 0.05) is 18.8 Å². The number of sulfonamides is 1. The van der Waals surface area contributed by atoms with Gasteiger partial charge in [-0.2, -0.15) is 0 Å². The van der Waals surface area contributed by atoms with Crippen LogP contribution in [0.1, 0.15) is 18.4 Å². The van der Waals surface area contributed by atoms with Crippen LogP contribution in [0.4, 0.5) is 5.69 Å². The largest absolute Gasteiger partial charge is 0.497 e. The van der Waals surface area contributed by atoms with Gasteiger partial charge in [-0.1, -0.05) is 30.3 Å². The van der Waals surface area contributed by atoms with Crippen molar-refractivity contribution in [2.45, 2.75) is 23.5 Å². The van der Waals surface area contributed by atoms with E-state index in [1.807, 2.05) is 59.5 Å². The molecule has 2 aromatic carbocycles. The van der Waals surface area contributed by atoms with Crippen molar-refractivity contribution in [3.05, 3.63) is 60.2 Å². The summed E-state index contributed by atoms with van der Waals surface area (Å²) in [5.74, 6) is 1.24. The molecule has 0 unspecified atom stereocenters. The highest BCUT2D eigenvalue weighted by molar-refractivity contribution is 8.02. The first kappa shape index (κ1) is 20.3. The van der Waals surface area contributed by atoms with Crippen LogP contribution in [0.25, 0.3) is 0 Å². The molecule has 29 heavy (non-hydrogen) atoms. The number of anilines is 1. The minimum Gasteiger partial charge on any atom is -0.497 e. The molecule has 2 aliphatic heterocycles. The molecule has 2 fully saturated rings. The first-order valence-corrected chi connectivity index (χ1v) is 12.2. The molecule has 0 N–H and O–H groups in total. The second-order valence-corrected chi connectivity index (χ2v) is 10.6. The highest BCUT2D eigenvalue weighted by atomic mass is 32.2. The van der Waals surface area contributed by atoms with E-state index in [2.05, 4.69) is 0 Å². The fraction of sp³-hybridized carbons (Fsp3) is 0.381. The molecule has 2 aliphatic rings. The van der Waals surface area contributed by atoms with Crippen molar-refractivity contribution in [1.82, 2.24) is 4.31 Å². The highest BCUT2D eigenvalue weighted by Crippen LogP contribution is 2.47. The van der Waals surface area contributed by atoms with Gasteiger partial charge in [0.05, 0.1) is 23.5 Å². The molecule has 6 nitrogen and oxygen atoms in total. The van der Waals surface area contributed by atoms with E-state index in [4.69, 9.17) is 4.74 Å². The van der Waals surface area contributed by atoms with Crippen LogP contribution in [-0.4, -0.2) is 49.5 Å². The molecule has 0 atom stereocenters. The molecular weight excluding hydrogens is 408 g/mol. The van der Waals surface area contributed by atoms with Gasteiger partial charge in [0.25, 0.3) is 0 Å². The fourth-order valence-electron chi connectivity index (χ4n) is 4.02. The summed E-state index contributed by atoms with van der Waals surface area (Å²) in [5.41, 5.74) is 1.62. The highest BCUT2D eigenvalue weighted by Gasteiger charge is 2.49. The zero-order valence-electron chi connectivity index (χ0n) is 16.3. The van der Waals surface area contributed by atoms with E-state index in [1.165, 1.54) is 0 Å². The van der Waals surface area contributed by atoms with Gasteiger partial charge in [-0.3, -0.25) is 9.69 Å². The third-order valence-electron chi connectivity index (χ3n) is 5.54. The van der Waals surface area contributed by atoms with Crippen molar-refractivity contribution >= 4 is 33.4 Å². The van der Waals surface area contributed by atoms with Crippen LogP contribution in [0.15, 0.2) is 54.6 Å². The maximum Gasteiger partial charge on any atom is 0.238 e. The minimum atomic E-state index is -3.38. The summed E-state index contributed by atoms with van der Waals surface area (Å²) in [5, 5.41) is 0. The Morgan fingerprint density at radius 3 is 2.31 bits per heavy atom. The molecule has 0 aromatic heterocycles. The zero-order valence-corrected chi connectivity index (χ0v) is 17.9. The number of carbonyl (C=O) groups is 1. The Morgan fingerprint density at radius 2 is 1.69 bits per heavy atom. The van der Waals surface area contributed by atoms with Crippen LogP contribution in [0, 0.1) is 0 Å². The first-order valence-electron chi connectivity index (χ1n) is 9.56. The Bertz CT molecular complexity index is 970. The SMILES string of the molecule is COc1ccc(N2C(=O)CSC23CCN(S(=O)(=O)Cc2ccccc2)CC3)cc1. The van der Waals surface area contributed by atoms with Crippen LogP contribution in [0.2, 0.25) is 0 Å². The summed E-state index contributed by atoms with van der Waals surface area (Å²) >= 11 is 1.63. The third kappa shape index (κ3) is 4.01. The standard InChI is InChI=1S/C21H24N2O4S2/c1-27-19-9-7-18(8-10-19)23-20(24)15-28-21(23)11-13-22(14-12-21)29(25,26)16-17-5-3-2-4-6-17/h2-10H,11-16H2,1H3. The predicted molar refractivity (Wildman–Crippen MR) is 116 cm³/mol. The van der Waals surface area contributed by atoms with E-state index in [0.29, 0.717) is 31.7 Å². The lowest BCUT2D eigenvalue weighted by molar-refractivity contribution is -0.116. The maximum absolute atomic E-state index is 12.9. The summed E-state index contributed by atoms with van der Waals surface area (Å²) in [4.78, 5) is 14.1. The van der Waals surface area contributed by atoms with Crippen molar-refractivity contribution in [3.63, 3.8) is 0 Å². The molecular formula is C21H24N2O4S2. The van der Waals surface area contributed by atoms with Crippen molar-refractivity contribution in [3.8, 4) is 5.75 Å². The Labute approximate surface area is 175 Å². The summed E-state index contributed by atoms with van der Waals surface area (Å²) in [6.45, 7) is 0.838. The van der Waals surface area contributed by atoms with Gasteiger partial charge >= 0.3 is 0 Å². The number of nitrogens with zero attached hydrogens (tertiary/aromatic N) is 2. The Balaban J connectivity index is 1.50. The second kappa shape index (κ2) is 8.01. The van der Waals surface area contributed by atoms with Crippen LogP contribution in [0.3, 0.4) is 0 Å². The number of ether oxygens (including phenoxy) is 1. The molecule has 154 valence electrons. The molecule has 0 aliphatic carbocycles. The van der Waals surface area contributed by atoms with Gasteiger partial charge in [0.2, 0.25) is 15.9 Å². The lowest BCUT2D eigenvalue weighted by Crippen LogP contribution is -2.53. The summed E-state index contributed by atoms with van der Waals surface area (Å²) in [6, 6.07) is 16.7. The quantitative estimate of drug-likeness (QED) is 0.726. The first-order chi connectivity index (χ1) is 13.9. The average Bonchev–Trinajstić information content (AvgIpc) is 3.04. The maximum atomic E-state index is 12.9. The van der Waals surface area contributed by atoms with Gasteiger partial charge in [0.15, 0.2) is 0 Å². The predicted octanol–water partition coefficient (Wildman–Crippen LogP) is 3.10. The van der Waals surface area contributed by atoms with E-state index >= 15 is 0 Å².